The zero-order valence-electron chi connectivity index (χ0n) is 17.1. The normalized spacial score (nSPS) is 9.42. The largest absolute Gasteiger partial charge is 4.00 e. The van der Waals surface area contributed by atoms with E-state index in [0.717, 1.165) is 0 Å². The Morgan fingerprint density at radius 3 is 0.806 bits per heavy atom. The third-order valence-electron chi connectivity index (χ3n) is 5.05. The molecular formula is C28H22Cl2Hf. The van der Waals surface area contributed by atoms with Crippen molar-refractivity contribution in [2.45, 2.75) is 0 Å². The third kappa shape index (κ3) is 5.54. The molecule has 3 heteroatoms. The van der Waals surface area contributed by atoms with Gasteiger partial charge in [-0.1, -0.05) is 72.8 Å². The Morgan fingerprint density at radius 2 is 0.581 bits per heavy atom. The minimum absolute atomic E-state index is 0. The van der Waals surface area contributed by atoms with Crippen LogP contribution in [0.2, 0.25) is 0 Å². The molecule has 0 saturated heterocycles. The molecule has 0 aliphatic rings. The summed E-state index contributed by atoms with van der Waals surface area (Å²) < 4.78 is 0. The number of benzene rings is 4. The van der Waals surface area contributed by atoms with E-state index in [9.17, 15) is 0 Å². The molecule has 0 N–H and O–H groups in total. The maximum atomic E-state index is 3.00. The average molecular weight is 608 g/mol. The van der Waals surface area contributed by atoms with Gasteiger partial charge in [0.2, 0.25) is 0 Å². The first-order valence-electron chi connectivity index (χ1n) is 9.46. The predicted octanol–water partition coefficient (Wildman–Crippen LogP) is 2.23. The first kappa shape index (κ1) is 26.8. The van der Waals surface area contributed by atoms with Crippen LogP contribution in [0.1, 0.15) is 0 Å². The molecule has 0 spiro atoms. The van der Waals surface area contributed by atoms with Gasteiger partial charge in [-0.3, -0.25) is 0 Å². The predicted molar refractivity (Wildman–Crippen MR) is 125 cm³/mol. The molecule has 152 valence electrons. The van der Waals surface area contributed by atoms with Crippen LogP contribution in [-0.4, -0.2) is 0 Å². The van der Waals surface area contributed by atoms with Gasteiger partial charge >= 0.3 is 25.8 Å². The van der Waals surface area contributed by atoms with Gasteiger partial charge in [-0.25, -0.2) is 0 Å². The molecule has 0 bridgehead atoms. The molecule has 6 aromatic carbocycles. The summed E-state index contributed by atoms with van der Waals surface area (Å²) in [5.41, 5.74) is 0. The average Bonchev–Trinajstić information content (AvgIpc) is 3.34. The summed E-state index contributed by atoms with van der Waals surface area (Å²) in [5.74, 6) is 0. The molecule has 0 atom stereocenters. The summed E-state index contributed by atoms with van der Waals surface area (Å²) in [7, 11) is 0. The molecule has 31 heavy (non-hydrogen) atoms. The van der Waals surface area contributed by atoms with E-state index in [1.165, 1.54) is 43.1 Å². The maximum absolute atomic E-state index is 3.00. The quantitative estimate of drug-likeness (QED) is 0.141. The molecule has 0 fully saturated rings. The summed E-state index contributed by atoms with van der Waals surface area (Å²) in [5, 5.41) is 10.8. The second-order valence-electron chi connectivity index (χ2n) is 6.64. The zero-order chi connectivity index (χ0) is 19.3. The Hall–Kier alpha value is -2.19. The smallest absolute Gasteiger partial charge is 1.00 e. The topological polar surface area (TPSA) is 0 Å². The molecule has 0 nitrogen and oxygen atoms in total. The Morgan fingerprint density at radius 1 is 0.387 bits per heavy atom. The van der Waals surface area contributed by atoms with E-state index >= 15 is 0 Å². The number of fused-ring (bicyclic) bond motifs is 6. The molecule has 0 saturated carbocycles. The number of hydrogen-bond acceptors (Lipinski definition) is 0. The molecule has 6 aromatic rings. The van der Waals surface area contributed by atoms with E-state index in [4.69, 9.17) is 0 Å². The third-order valence-corrected chi connectivity index (χ3v) is 5.05. The van der Waals surface area contributed by atoms with Gasteiger partial charge in [0, 0.05) is 0 Å². The van der Waals surface area contributed by atoms with Crippen LogP contribution < -0.4 is 24.8 Å². The minimum atomic E-state index is 0. The molecule has 0 heterocycles. The second-order valence-corrected chi connectivity index (χ2v) is 6.64. The summed E-state index contributed by atoms with van der Waals surface area (Å²) >= 11 is 0. The molecule has 0 unspecified atom stereocenters. The van der Waals surface area contributed by atoms with Crippen LogP contribution in [0.3, 0.4) is 0 Å². The molecule has 0 aliphatic heterocycles. The number of halogens is 2. The van der Waals surface area contributed by atoms with Crippen molar-refractivity contribution in [2.24, 2.45) is 0 Å². The summed E-state index contributed by atoms with van der Waals surface area (Å²) in [4.78, 5) is 0. The molecule has 6 rings (SSSR count). The van der Waals surface area contributed by atoms with E-state index in [1.807, 2.05) is 0 Å². The summed E-state index contributed by atoms with van der Waals surface area (Å²) in [6.45, 7) is 6.00. The van der Waals surface area contributed by atoms with Gasteiger partial charge in [0.15, 0.2) is 0 Å². The van der Waals surface area contributed by atoms with Crippen LogP contribution in [0.25, 0.3) is 43.1 Å². The Labute approximate surface area is 214 Å². The van der Waals surface area contributed by atoms with Crippen molar-refractivity contribution >= 4 is 43.1 Å². The van der Waals surface area contributed by atoms with E-state index in [1.54, 1.807) is 0 Å². The maximum Gasteiger partial charge on any atom is 4.00 e. The molecule has 0 aliphatic carbocycles. The minimum Gasteiger partial charge on any atom is -1.00 e. The second kappa shape index (κ2) is 12.6. The van der Waals surface area contributed by atoms with Gasteiger partial charge in [0.05, 0.1) is 0 Å². The molecule has 0 radical (unpaired) electrons. The molecular weight excluding hydrogens is 586 g/mol. The number of hydrogen-bond donors (Lipinski definition) is 0. The van der Waals surface area contributed by atoms with Gasteiger partial charge in [-0.05, 0) is 0 Å². The van der Waals surface area contributed by atoms with Crippen LogP contribution in [0.5, 0.6) is 0 Å². The van der Waals surface area contributed by atoms with Crippen molar-refractivity contribution in [1.82, 2.24) is 0 Å². The van der Waals surface area contributed by atoms with Gasteiger partial charge in [-0.2, -0.15) is 0 Å². The Bertz CT molecular complexity index is 1150. The van der Waals surface area contributed by atoms with E-state index < -0.39 is 0 Å². The van der Waals surface area contributed by atoms with E-state index in [-0.39, 0.29) is 50.7 Å². The van der Waals surface area contributed by atoms with Gasteiger partial charge in [-0.15, -0.1) is 92.6 Å². The van der Waals surface area contributed by atoms with Crippen molar-refractivity contribution in [1.29, 1.82) is 0 Å². The van der Waals surface area contributed by atoms with Crippen LogP contribution in [0.15, 0.2) is 122 Å². The van der Waals surface area contributed by atoms with Gasteiger partial charge < -0.3 is 24.8 Å². The van der Waals surface area contributed by atoms with Crippen molar-refractivity contribution in [3.8, 4) is 0 Å². The molecule has 0 aromatic heterocycles. The first-order chi connectivity index (χ1) is 13.9. The van der Waals surface area contributed by atoms with Crippen LogP contribution >= 0.6 is 0 Å². The fourth-order valence-corrected chi connectivity index (χ4v) is 3.81. The Balaban J connectivity index is 0.000000264. The Kier molecular flexibility index (Phi) is 10.9. The van der Waals surface area contributed by atoms with Crippen molar-refractivity contribution < 1.29 is 50.7 Å². The van der Waals surface area contributed by atoms with Crippen molar-refractivity contribution in [3.63, 3.8) is 0 Å². The monoisotopic (exact) mass is 608 g/mol. The summed E-state index contributed by atoms with van der Waals surface area (Å²) in [6, 6.07) is 38.5. The molecule has 0 amide bonds. The fourth-order valence-electron chi connectivity index (χ4n) is 3.81. The van der Waals surface area contributed by atoms with E-state index in [2.05, 4.69) is 122 Å². The fraction of sp³-hybridized carbons (Fsp3) is 0. The summed E-state index contributed by atoms with van der Waals surface area (Å²) in [6.07, 6.45) is 0. The van der Waals surface area contributed by atoms with Crippen LogP contribution in [0.4, 0.5) is 0 Å². The van der Waals surface area contributed by atoms with Crippen LogP contribution in [-0.2, 0) is 25.8 Å². The van der Waals surface area contributed by atoms with Crippen LogP contribution in [0, 0.1) is 0 Å². The van der Waals surface area contributed by atoms with E-state index in [0.29, 0.717) is 0 Å². The standard InChI is InChI=1S/2C13H9.C2H4.2ClH.Hf/c2*1-3-7-12-10(5-1)9-11-6-2-4-8-13(11)12;1-2;;;/h2*1-9H;1-2H2;2*1H;/q2*-1;;;;+4/p-2. The first-order valence-corrected chi connectivity index (χ1v) is 9.46. The van der Waals surface area contributed by atoms with Crippen molar-refractivity contribution in [2.75, 3.05) is 0 Å². The van der Waals surface area contributed by atoms with Gasteiger partial charge in [0.1, 0.15) is 0 Å². The SMILES string of the molecule is C=C.[Cl-].[Cl-].[Hf+4].c1ccc2c(c1)[cH-]c1ccccc12.c1ccc2c(c1)[cH-]c1ccccc12. The zero-order valence-corrected chi connectivity index (χ0v) is 22.2. The number of rotatable bonds is 0. The van der Waals surface area contributed by atoms with Crippen molar-refractivity contribution in [3.05, 3.63) is 122 Å². The van der Waals surface area contributed by atoms with Gasteiger partial charge in [0.25, 0.3) is 0 Å².